The van der Waals surface area contributed by atoms with Gasteiger partial charge in [-0.1, -0.05) is 30.7 Å². The van der Waals surface area contributed by atoms with Gasteiger partial charge in [0.2, 0.25) is 5.13 Å². The number of rotatable bonds is 10. The van der Waals surface area contributed by atoms with Crippen LogP contribution in [0.1, 0.15) is 77.8 Å². The van der Waals surface area contributed by atoms with E-state index in [4.69, 9.17) is 9.28 Å². The van der Waals surface area contributed by atoms with Crippen molar-refractivity contribution in [3.05, 3.63) is 81.5 Å². The first-order valence-corrected chi connectivity index (χ1v) is 16.1. The van der Waals surface area contributed by atoms with Crippen molar-refractivity contribution in [1.82, 2.24) is 14.8 Å². The van der Waals surface area contributed by atoms with Crippen molar-refractivity contribution >= 4 is 29.3 Å². The molecule has 4 aromatic rings. The van der Waals surface area contributed by atoms with Gasteiger partial charge in [-0.05, 0) is 79.8 Å². The minimum Gasteiger partial charge on any atom is -0.476 e. The monoisotopic (exact) mass is 619 g/mol. The van der Waals surface area contributed by atoms with E-state index in [0.717, 1.165) is 54.5 Å². The molecule has 2 aliphatic carbocycles. The van der Waals surface area contributed by atoms with Crippen LogP contribution in [0, 0.1) is 35.3 Å². The summed E-state index contributed by atoms with van der Waals surface area (Å²) in [5.74, 6) is 5.43. The number of aromatic nitrogens is 3. The maximum absolute atomic E-state index is 14.9. The molecule has 0 bridgehead atoms. The van der Waals surface area contributed by atoms with Crippen LogP contribution in [0.15, 0.2) is 46.7 Å². The van der Waals surface area contributed by atoms with Crippen LogP contribution in [0.4, 0.5) is 8.78 Å². The molecule has 2 fully saturated rings. The van der Waals surface area contributed by atoms with Gasteiger partial charge in [-0.2, -0.15) is 5.10 Å². The second kappa shape index (κ2) is 13.0. The number of hydrogen-bond donors (Lipinski definition) is 1. The first kappa shape index (κ1) is 29.5. The second-order valence-corrected chi connectivity index (χ2v) is 13.0. The zero-order valence-electron chi connectivity index (χ0n) is 23.7. The van der Waals surface area contributed by atoms with Gasteiger partial charge >= 0.3 is 5.97 Å². The van der Waals surface area contributed by atoms with Crippen molar-refractivity contribution in [3.8, 4) is 28.2 Å². The molecule has 0 saturated heterocycles. The largest absolute Gasteiger partial charge is 0.476 e. The lowest BCUT2D eigenvalue weighted by atomic mass is 9.96. The number of benzene rings is 2. The van der Waals surface area contributed by atoms with Crippen LogP contribution in [0.25, 0.3) is 16.4 Å². The van der Waals surface area contributed by atoms with Gasteiger partial charge in [0, 0.05) is 41.4 Å². The van der Waals surface area contributed by atoms with Crippen LogP contribution in [-0.4, -0.2) is 33.0 Å². The molecule has 0 amide bonds. The number of carboxylic acid groups (broad SMARTS) is 1. The van der Waals surface area contributed by atoms with E-state index >= 15 is 0 Å². The number of halogens is 2. The molecule has 0 unspecified atom stereocenters. The SMILES string of the molecule is COSc1ccc(Cc2c(-c3ccc(F)c(C#CCC4CCCC4)c3)nn(-c3nc(C(=O)O)cs3)c2CC2CC2)cc1F. The Bertz CT molecular complexity index is 1710. The lowest BCUT2D eigenvalue weighted by molar-refractivity contribution is 0.0691. The molecular formula is C33H31F2N3O3S2. The fourth-order valence-corrected chi connectivity index (χ4v) is 6.83. The molecule has 10 heteroatoms. The standard InChI is InChI=1S/C33H31F2N3O3S2/c1-41-43-30-14-11-22(16-27(30)35)15-25-29(17-21-9-10-21)38(33-36-28(19-42-33)32(39)40)37-31(25)24-12-13-26(34)23(18-24)8-4-7-20-5-2-3-6-20/h11-14,16,18-21H,2-3,5-7,9-10,15,17H2,1H3,(H,39,40). The number of carbonyl (C=O) groups is 1. The van der Waals surface area contributed by atoms with E-state index in [1.165, 1.54) is 61.6 Å². The van der Waals surface area contributed by atoms with E-state index in [1.807, 2.05) is 6.07 Å². The topological polar surface area (TPSA) is 77.2 Å². The van der Waals surface area contributed by atoms with Crippen molar-refractivity contribution in [2.75, 3.05) is 7.11 Å². The van der Waals surface area contributed by atoms with E-state index in [0.29, 0.717) is 45.1 Å². The number of nitrogens with zero attached hydrogens (tertiary/aromatic N) is 3. The molecule has 222 valence electrons. The quantitative estimate of drug-likeness (QED) is 0.143. The van der Waals surface area contributed by atoms with Gasteiger partial charge in [0.1, 0.15) is 11.6 Å². The van der Waals surface area contributed by atoms with Crippen molar-refractivity contribution in [2.24, 2.45) is 11.8 Å². The molecule has 2 aromatic heterocycles. The Hall–Kier alpha value is -3.52. The second-order valence-electron chi connectivity index (χ2n) is 11.2. The predicted octanol–water partition coefficient (Wildman–Crippen LogP) is 8.10. The number of carboxylic acids is 1. The van der Waals surface area contributed by atoms with E-state index in [1.54, 1.807) is 22.9 Å². The minimum absolute atomic E-state index is 0.0501. The third-order valence-electron chi connectivity index (χ3n) is 8.04. The van der Waals surface area contributed by atoms with Crippen LogP contribution in [0.5, 0.6) is 0 Å². The molecule has 0 radical (unpaired) electrons. The third kappa shape index (κ3) is 6.85. The van der Waals surface area contributed by atoms with Gasteiger partial charge in [-0.15, -0.1) is 11.3 Å². The normalized spacial score (nSPS) is 15.0. The van der Waals surface area contributed by atoms with Crippen LogP contribution >= 0.6 is 23.4 Å². The Morgan fingerprint density at radius 1 is 1.12 bits per heavy atom. The summed E-state index contributed by atoms with van der Waals surface area (Å²) in [7, 11) is 1.49. The summed E-state index contributed by atoms with van der Waals surface area (Å²) in [6.45, 7) is 0. The fourth-order valence-electron chi connectivity index (χ4n) is 5.62. The van der Waals surface area contributed by atoms with Gasteiger partial charge in [-0.25, -0.2) is 23.2 Å². The number of thiazole rings is 1. The number of hydrogen-bond acceptors (Lipinski definition) is 6. The molecule has 0 atom stereocenters. The Balaban J connectivity index is 1.45. The summed E-state index contributed by atoms with van der Waals surface area (Å²) in [6.07, 6.45) is 8.85. The minimum atomic E-state index is -1.11. The average molecular weight is 620 g/mol. The Kier molecular flexibility index (Phi) is 8.93. The molecule has 0 spiro atoms. The fraction of sp³-hybridized carbons (Fsp3) is 0.364. The van der Waals surface area contributed by atoms with E-state index < -0.39 is 5.97 Å². The molecule has 43 heavy (non-hydrogen) atoms. The van der Waals surface area contributed by atoms with Gasteiger partial charge in [0.25, 0.3) is 0 Å². The van der Waals surface area contributed by atoms with Gasteiger partial charge in [0.05, 0.1) is 29.0 Å². The maximum atomic E-state index is 14.9. The Morgan fingerprint density at radius 2 is 1.93 bits per heavy atom. The highest BCUT2D eigenvalue weighted by atomic mass is 32.2. The van der Waals surface area contributed by atoms with Crippen LogP contribution in [0.3, 0.4) is 0 Å². The molecule has 2 aliphatic rings. The Labute approximate surface area is 257 Å². The highest BCUT2D eigenvalue weighted by Gasteiger charge is 2.29. The molecule has 6 nitrogen and oxygen atoms in total. The van der Waals surface area contributed by atoms with Crippen molar-refractivity contribution < 1.29 is 22.9 Å². The lowest BCUT2D eigenvalue weighted by Crippen LogP contribution is -2.06. The summed E-state index contributed by atoms with van der Waals surface area (Å²) < 4.78 is 36.6. The summed E-state index contributed by atoms with van der Waals surface area (Å²) in [6, 6.07) is 9.90. The molecule has 6 rings (SSSR count). The molecular weight excluding hydrogens is 589 g/mol. The van der Waals surface area contributed by atoms with Gasteiger partial charge in [0.15, 0.2) is 5.69 Å². The van der Waals surface area contributed by atoms with E-state index in [9.17, 15) is 18.7 Å². The molecule has 2 aromatic carbocycles. The van der Waals surface area contributed by atoms with E-state index in [2.05, 4.69) is 16.8 Å². The van der Waals surface area contributed by atoms with Gasteiger partial charge in [-0.3, -0.25) is 0 Å². The van der Waals surface area contributed by atoms with Crippen molar-refractivity contribution in [3.63, 3.8) is 0 Å². The molecule has 1 N–H and O–H groups in total. The zero-order chi connectivity index (χ0) is 29.9. The zero-order valence-corrected chi connectivity index (χ0v) is 25.4. The summed E-state index contributed by atoms with van der Waals surface area (Å²) in [5, 5.41) is 16.4. The highest BCUT2D eigenvalue weighted by molar-refractivity contribution is 7.94. The summed E-state index contributed by atoms with van der Waals surface area (Å²) >= 11 is 2.17. The lowest BCUT2D eigenvalue weighted by Gasteiger charge is -2.10. The van der Waals surface area contributed by atoms with Crippen LogP contribution in [0.2, 0.25) is 0 Å². The first-order chi connectivity index (χ1) is 20.9. The number of aromatic carboxylic acids is 1. The summed E-state index contributed by atoms with van der Waals surface area (Å²) in [4.78, 5) is 16.4. The van der Waals surface area contributed by atoms with E-state index in [-0.39, 0.29) is 17.3 Å². The average Bonchev–Trinajstić information content (AvgIpc) is 3.34. The first-order valence-electron chi connectivity index (χ1n) is 14.5. The molecule has 2 saturated carbocycles. The van der Waals surface area contributed by atoms with Crippen molar-refractivity contribution in [2.45, 2.75) is 62.7 Å². The highest BCUT2D eigenvalue weighted by Crippen LogP contribution is 2.38. The Morgan fingerprint density at radius 3 is 2.63 bits per heavy atom. The third-order valence-corrected chi connectivity index (χ3v) is 9.53. The maximum Gasteiger partial charge on any atom is 0.355 e. The predicted molar refractivity (Wildman–Crippen MR) is 164 cm³/mol. The summed E-state index contributed by atoms with van der Waals surface area (Å²) in [5.41, 5.74) is 4.11. The molecule has 0 aliphatic heterocycles. The van der Waals surface area contributed by atoms with Crippen LogP contribution in [-0.2, 0) is 17.0 Å². The van der Waals surface area contributed by atoms with Gasteiger partial charge < -0.3 is 9.29 Å². The van der Waals surface area contributed by atoms with Crippen LogP contribution < -0.4 is 0 Å². The molecule has 2 heterocycles. The van der Waals surface area contributed by atoms with Crippen molar-refractivity contribution in [1.29, 1.82) is 0 Å². The smallest absolute Gasteiger partial charge is 0.355 e.